The molecule has 2 N–H and O–H groups in total. The summed E-state index contributed by atoms with van der Waals surface area (Å²) in [6.07, 6.45) is 3.25. The average Bonchev–Trinajstić information content (AvgIpc) is 2.49. The molecule has 0 aliphatic heterocycles. The second-order valence-electron chi connectivity index (χ2n) is 5.29. The summed E-state index contributed by atoms with van der Waals surface area (Å²) in [5.74, 6) is -0.256. The quantitative estimate of drug-likeness (QED) is 0.879. The SMILES string of the molecule is CC(=O)Nc1ccc(C)c(S(=O)(=O)N[C@H](C)c2cccnc2)c1. The van der Waals surface area contributed by atoms with Gasteiger partial charge < -0.3 is 5.32 Å². The number of rotatable bonds is 5. The summed E-state index contributed by atoms with van der Waals surface area (Å²) in [4.78, 5) is 15.3. The molecule has 122 valence electrons. The smallest absolute Gasteiger partial charge is 0.241 e. The number of nitrogens with one attached hydrogen (secondary N) is 2. The van der Waals surface area contributed by atoms with Crippen LogP contribution >= 0.6 is 0 Å². The van der Waals surface area contributed by atoms with Crippen LogP contribution < -0.4 is 10.0 Å². The highest BCUT2D eigenvalue weighted by atomic mass is 32.2. The Balaban J connectivity index is 2.30. The van der Waals surface area contributed by atoms with Crippen molar-refractivity contribution in [3.63, 3.8) is 0 Å². The van der Waals surface area contributed by atoms with Gasteiger partial charge in [0.15, 0.2) is 0 Å². The summed E-state index contributed by atoms with van der Waals surface area (Å²) >= 11 is 0. The van der Waals surface area contributed by atoms with E-state index in [0.717, 1.165) is 5.56 Å². The van der Waals surface area contributed by atoms with Crippen molar-refractivity contribution in [1.29, 1.82) is 0 Å². The van der Waals surface area contributed by atoms with Crippen LogP contribution in [0.15, 0.2) is 47.6 Å². The Morgan fingerprint density at radius 3 is 2.61 bits per heavy atom. The molecule has 0 fully saturated rings. The molecule has 0 aliphatic carbocycles. The van der Waals surface area contributed by atoms with Gasteiger partial charge in [0.25, 0.3) is 0 Å². The number of aromatic nitrogens is 1. The summed E-state index contributed by atoms with van der Waals surface area (Å²) in [6.45, 7) is 4.83. The largest absolute Gasteiger partial charge is 0.326 e. The molecule has 6 nitrogen and oxygen atoms in total. The third kappa shape index (κ3) is 4.37. The molecule has 2 aromatic rings. The molecule has 0 aliphatic rings. The van der Waals surface area contributed by atoms with Crippen molar-refractivity contribution in [2.24, 2.45) is 0 Å². The van der Waals surface area contributed by atoms with Crippen molar-refractivity contribution in [3.8, 4) is 0 Å². The predicted octanol–water partition coefficient (Wildman–Crippen LogP) is 2.39. The first-order valence-electron chi connectivity index (χ1n) is 7.10. The van der Waals surface area contributed by atoms with Crippen LogP contribution in [0.2, 0.25) is 0 Å². The summed E-state index contributed by atoms with van der Waals surface area (Å²) < 4.78 is 27.9. The van der Waals surface area contributed by atoms with Gasteiger partial charge >= 0.3 is 0 Å². The van der Waals surface area contributed by atoms with Gasteiger partial charge in [-0.15, -0.1) is 0 Å². The van der Waals surface area contributed by atoms with Crippen LogP contribution in [0.3, 0.4) is 0 Å². The normalized spacial score (nSPS) is 12.7. The first kappa shape index (κ1) is 17.1. The highest BCUT2D eigenvalue weighted by Gasteiger charge is 2.21. The van der Waals surface area contributed by atoms with Gasteiger partial charge in [-0.3, -0.25) is 9.78 Å². The van der Waals surface area contributed by atoms with Gasteiger partial charge in [-0.25, -0.2) is 13.1 Å². The molecule has 1 amide bonds. The number of nitrogens with zero attached hydrogens (tertiary/aromatic N) is 1. The summed E-state index contributed by atoms with van der Waals surface area (Å²) in [7, 11) is -3.73. The van der Waals surface area contributed by atoms with Crippen LogP contribution in [0, 0.1) is 6.92 Å². The molecule has 1 aromatic carbocycles. The predicted molar refractivity (Wildman–Crippen MR) is 88.5 cm³/mol. The molecule has 1 aromatic heterocycles. The van der Waals surface area contributed by atoms with E-state index >= 15 is 0 Å². The van der Waals surface area contributed by atoms with E-state index in [-0.39, 0.29) is 10.8 Å². The minimum atomic E-state index is -3.73. The Labute approximate surface area is 136 Å². The fourth-order valence-electron chi connectivity index (χ4n) is 2.17. The standard InChI is InChI=1S/C16H19N3O3S/c1-11-6-7-15(18-13(3)20)9-16(11)23(21,22)19-12(2)14-5-4-8-17-10-14/h4-10,12,19H,1-3H3,(H,18,20)/t12-/m1/s1. The number of amides is 1. The number of hydrogen-bond donors (Lipinski definition) is 2. The Kier molecular flexibility index (Phi) is 5.12. The highest BCUT2D eigenvalue weighted by molar-refractivity contribution is 7.89. The van der Waals surface area contributed by atoms with E-state index in [0.29, 0.717) is 11.3 Å². The Hall–Kier alpha value is -2.25. The monoisotopic (exact) mass is 333 g/mol. The molecule has 7 heteroatoms. The molecular weight excluding hydrogens is 314 g/mol. The fraction of sp³-hybridized carbons (Fsp3) is 0.250. The lowest BCUT2D eigenvalue weighted by molar-refractivity contribution is -0.114. The van der Waals surface area contributed by atoms with Crippen molar-refractivity contribution in [3.05, 3.63) is 53.9 Å². The van der Waals surface area contributed by atoms with E-state index in [4.69, 9.17) is 0 Å². The third-order valence-electron chi connectivity index (χ3n) is 3.31. The molecule has 0 bridgehead atoms. The molecule has 2 rings (SSSR count). The number of carbonyl (C=O) groups excluding carboxylic acids is 1. The number of carbonyl (C=O) groups is 1. The summed E-state index contributed by atoms with van der Waals surface area (Å²) in [6, 6.07) is 7.92. The molecule has 0 unspecified atom stereocenters. The Bertz CT molecular complexity index is 805. The zero-order chi connectivity index (χ0) is 17.0. The number of sulfonamides is 1. The van der Waals surface area contributed by atoms with E-state index in [9.17, 15) is 13.2 Å². The maximum atomic E-state index is 12.6. The summed E-state index contributed by atoms with van der Waals surface area (Å²) in [5.41, 5.74) is 1.81. The van der Waals surface area contributed by atoms with Crippen LogP contribution in [0.5, 0.6) is 0 Å². The van der Waals surface area contributed by atoms with E-state index < -0.39 is 16.1 Å². The lowest BCUT2D eigenvalue weighted by Crippen LogP contribution is -2.27. The molecule has 0 saturated carbocycles. The number of hydrogen-bond acceptors (Lipinski definition) is 4. The van der Waals surface area contributed by atoms with Crippen LogP contribution in [0.4, 0.5) is 5.69 Å². The molecule has 0 spiro atoms. The van der Waals surface area contributed by atoms with Gasteiger partial charge in [0.2, 0.25) is 15.9 Å². The molecule has 23 heavy (non-hydrogen) atoms. The van der Waals surface area contributed by atoms with E-state index in [1.165, 1.54) is 13.0 Å². The van der Waals surface area contributed by atoms with Crippen molar-refractivity contribution >= 4 is 21.6 Å². The number of anilines is 1. The highest BCUT2D eigenvalue weighted by Crippen LogP contribution is 2.22. The minimum absolute atomic E-state index is 0.138. The zero-order valence-corrected chi connectivity index (χ0v) is 14.0. The second kappa shape index (κ2) is 6.89. The van der Waals surface area contributed by atoms with Gasteiger partial charge in [0.1, 0.15) is 0 Å². The fourth-order valence-corrected chi connectivity index (χ4v) is 3.67. The van der Waals surface area contributed by atoms with Crippen molar-refractivity contribution < 1.29 is 13.2 Å². The van der Waals surface area contributed by atoms with Gasteiger partial charge in [-0.1, -0.05) is 12.1 Å². The lowest BCUT2D eigenvalue weighted by atomic mass is 10.2. The molecular formula is C16H19N3O3S. The Morgan fingerprint density at radius 2 is 2.00 bits per heavy atom. The van der Waals surface area contributed by atoms with Crippen LogP contribution in [-0.2, 0) is 14.8 Å². The average molecular weight is 333 g/mol. The molecule has 1 heterocycles. The molecule has 1 atom stereocenters. The first-order chi connectivity index (χ1) is 10.8. The lowest BCUT2D eigenvalue weighted by Gasteiger charge is -2.16. The van der Waals surface area contributed by atoms with Crippen LogP contribution in [0.25, 0.3) is 0 Å². The first-order valence-corrected chi connectivity index (χ1v) is 8.58. The van der Waals surface area contributed by atoms with E-state index in [1.54, 1.807) is 50.5 Å². The van der Waals surface area contributed by atoms with Crippen LogP contribution in [0.1, 0.15) is 31.0 Å². The molecule has 0 radical (unpaired) electrons. The Morgan fingerprint density at radius 1 is 1.26 bits per heavy atom. The van der Waals surface area contributed by atoms with Crippen molar-refractivity contribution in [1.82, 2.24) is 9.71 Å². The van der Waals surface area contributed by atoms with Gasteiger partial charge in [0.05, 0.1) is 4.90 Å². The minimum Gasteiger partial charge on any atom is -0.326 e. The van der Waals surface area contributed by atoms with Gasteiger partial charge in [-0.2, -0.15) is 0 Å². The number of pyridine rings is 1. The van der Waals surface area contributed by atoms with Gasteiger partial charge in [-0.05, 0) is 43.2 Å². The van der Waals surface area contributed by atoms with Crippen molar-refractivity contribution in [2.75, 3.05) is 5.32 Å². The number of benzene rings is 1. The second-order valence-corrected chi connectivity index (χ2v) is 6.97. The zero-order valence-electron chi connectivity index (χ0n) is 13.2. The maximum absolute atomic E-state index is 12.6. The third-order valence-corrected chi connectivity index (χ3v) is 5.00. The topological polar surface area (TPSA) is 88.2 Å². The van der Waals surface area contributed by atoms with Crippen molar-refractivity contribution in [2.45, 2.75) is 31.7 Å². The van der Waals surface area contributed by atoms with Crippen LogP contribution in [-0.4, -0.2) is 19.3 Å². The summed E-state index contributed by atoms with van der Waals surface area (Å²) in [5, 5.41) is 2.59. The maximum Gasteiger partial charge on any atom is 0.241 e. The molecule has 0 saturated heterocycles. The van der Waals surface area contributed by atoms with E-state index in [2.05, 4.69) is 15.0 Å². The van der Waals surface area contributed by atoms with E-state index in [1.807, 2.05) is 0 Å². The van der Waals surface area contributed by atoms with Gasteiger partial charge in [0, 0.05) is 31.0 Å². The number of aryl methyl sites for hydroxylation is 1.